The van der Waals surface area contributed by atoms with Gasteiger partial charge in [0.1, 0.15) is 5.78 Å². The van der Waals surface area contributed by atoms with Crippen LogP contribution in [0.2, 0.25) is 0 Å². The molecule has 0 aromatic heterocycles. The first-order valence-electron chi connectivity index (χ1n) is 10.2. The molecule has 0 bridgehead atoms. The minimum Gasteiger partial charge on any atom is -0.478 e. The molecule has 12 nitrogen and oxygen atoms in total. The SMILES string of the molecule is CC(C)=O.N=c1ccc2c(-c3ccccc3C(=O)O)c3ccc(N)c(S(=O)(=O)O)c3oc-2c1S(=O)(=O)O. The van der Waals surface area contributed by atoms with Gasteiger partial charge in [0.05, 0.1) is 16.6 Å². The van der Waals surface area contributed by atoms with Crippen molar-refractivity contribution in [3.8, 4) is 22.5 Å². The second-order valence-corrected chi connectivity index (χ2v) is 10.6. The van der Waals surface area contributed by atoms with Gasteiger partial charge < -0.3 is 20.1 Å². The number of nitrogen functional groups attached to an aromatic ring is 1. The Morgan fingerprint density at radius 2 is 1.43 bits per heavy atom. The molecule has 1 aliphatic heterocycles. The van der Waals surface area contributed by atoms with Gasteiger partial charge in [-0.05, 0) is 49.7 Å². The number of rotatable bonds is 4. The zero-order valence-electron chi connectivity index (χ0n) is 19.2. The number of fused-ring (bicyclic) bond motifs is 2. The number of benzene rings is 3. The van der Waals surface area contributed by atoms with Crippen molar-refractivity contribution in [2.45, 2.75) is 23.6 Å². The quantitative estimate of drug-likeness (QED) is 0.141. The third-order valence-corrected chi connectivity index (χ3v) is 6.80. The van der Waals surface area contributed by atoms with Crippen LogP contribution < -0.4 is 11.1 Å². The fraction of sp³-hybridized carbons (Fsp3) is 0.0870. The zero-order chi connectivity index (χ0) is 27.9. The molecule has 37 heavy (non-hydrogen) atoms. The average molecular weight is 549 g/mol. The lowest BCUT2D eigenvalue weighted by Gasteiger charge is -2.19. The molecular formula is C23H20N2O10S2. The van der Waals surface area contributed by atoms with Gasteiger partial charge in [0, 0.05) is 16.5 Å². The van der Waals surface area contributed by atoms with E-state index in [4.69, 9.17) is 15.6 Å². The minimum absolute atomic E-state index is 0.0166. The van der Waals surface area contributed by atoms with Crippen LogP contribution in [0.3, 0.4) is 0 Å². The second kappa shape index (κ2) is 9.74. The Kier molecular flexibility index (Phi) is 7.23. The lowest BCUT2D eigenvalue weighted by molar-refractivity contribution is -0.115. The Bertz CT molecular complexity index is 1820. The van der Waals surface area contributed by atoms with Gasteiger partial charge in [-0.1, -0.05) is 18.2 Å². The maximum absolute atomic E-state index is 12.1. The highest BCUT2D eigenvalue weighted by Crippen LogP contribution is 2.45. The first-order valence-corrected chi connectivity index (χ1v) is 13.0. The zero-order valence-corrected chi connectivity index (χ0v) is 20.8. The molecule has 6 N–H and O–H groups in total. The number of carbonyl (C=O) groups excluding carboxylic acids is 1. The molecule has 0 fully saturated rings. The van der Waals surface area contributed by atoms with E-state index in [0.717, 1.165) is 12.1 Å². The van der Waals surface area contributed by atoms with Gasteiger partial charge in [-0.2, -0.15) is 16.8 Å². The molecule has 0 amide bonds. The third-order valence-electron chi connectivity index (χ3n) is 4.94. The summed E-state index contributed by atoms with van der Waals surface area (Å²) in [6.07, 6.45) is 0. The highest BCUT2D eigenvalue weighted by atomic mass is 32.2. The molecule has 14 heteroatoms. The van der Waals surface area contributed by atoms with Crippen molar-refractivity contribution in [2.75, 3.05) is 5.73 Å². The maximum atomic E-state index is 12.1. The molecule has 194 valence electrons. The summed E-state index contributed by atoms with van der Waals surface area (Å²) < 4.78 is 73.4. The maximum Gasteiger partial charge on any atom is 0.336 e. The number of ketones is 1. The summed E-state index contributed by atoms with van der Waals surface area (Å²) in [5.74, 6) is -1.78. The summed E-state index contributed by atoms with van der Waals surface area (Å²) in [5, 5.41) is 16.9. The standard InChI is InChI=1S/C20H14N2O9S2.C3H6O/c21-13-7-5-11-15(9-3-1-2-4-10(9)20(23)24)12-6-8-14(22)19(33(28,29)30)17(12)31-16(11)18(13)32(25,26)27;1-3(2)4/h1-8,21H,22H2,(H,23,24)(H,25,26,27)(H,28,29,30);1-2H3. The van der Waals surface area contributed by atoms with Crippen LogP contribution in [0.25, 0.3) is 33.4 Å². The van der Waals surface area contributed by atoms with E-state index in [-0.39, 0.29) is 33.4 Å². The van der Waals surface area contributed by atoms with Crippen molar-refractivity contribution in [3.05, 3.63) is 59.5 Å². The summed E-state index contributed by atoms with van der Waals surface area (Å²) in [6.45, 7) is 3.06. The topological polar surface area (TPSA) is 226 Å². The van der Waals surface area contributed by atoms with Crippen molar-refractivity contribution in [3.63, 3.8) is 0 Å². The number of Topliss-reactive ketones (excluding diaryl/α,β-unsaturated/α-hetero) is 1. The highest BCUT2D eigenvalue weighted by Gasteiger charge is 2.31. The molecular weight excluding hydrogens is 528 g/mol. The van der Waals surface area contributed by atoms with Crippen LogP contribution in [0.1, 0.15) is 24.2 Å². The summed E-state index contributed by atoms with van der Waals surface area (Å²) in [5.41, 5.74) is 4.56. The van der Waals surface area contributed by atoms with E-state index in [0.29, 0.717) is 0 Å². The second-order valence-electron chi connectivity index (χ2n) is 7.87. The Morgan fingerprint density at radius 1 is 0.865 bits per heavy atom. The van der Waals surface area contributed by atoms with Crippen LogP contribution in [0, 0.1) is 5.41 Å². The van der Waals surface area contributed by atoms with E-state index in [1.807, 2.05) is 0 Å². The summed E-state index contributed by atoms with van der Waals surface area (Å²) in [6, 6.07) is 10.4. The van der Waals surface area contributed by atoms with Crippen LogP contribution in [-0.4, -0.2) is 42.8 Å². The Hall–Kier alpha value is -4.11. The van der Waals surface area contributed by atoms with Crippen LogP contribution in [0.4, 0.5) is 5.69 Å². The van der Waals surface area contributed by atoms with Crippen molar-refractivity contribution in [2.24, 2.45) is 0 Å². The van der Waals surface area contributed by atoms with Crippen molar-refractivity contribution in [1.82, 2.24) is 0 Å². The van der Waals surface area contributed by atoms with E-state index in [1.54, 1.807) is 0 Å². The van der Waals surface area contributed by atoms with Crippen molar-refractivity contribution in [1.29, 1.82) is 5.41 Å². The van der Waals surface area contributed by atoms with Crippen molar-refractivity contribution >= 4 is 48.6 Å². The number of aromatic carboxylic acids is 1. The number of carboxylic acids is 1. The Balaban J connectivity index is 0.000000886. The van der Waals surface area contributed by atoms with Crippen LogP contribution in [0.5, 0.6) is 0 Å². The lowest BCUT2D eigenvalue weighted by atomic mass is 9.90. The minimum atomic E-state index is -5.05. The molecule has 0 spiro atoms. The molecule has 1 aliphatic carbocycles. The van der Waals surface area contributed by atoms with Gasteiger partial charge in [-0.25, -0.2) is 4.79 Å². The predicted molar refractivity (Wildman–Crippen MR) is 131 cm³/mol. The number of nitrogens with two attached hydrogens (primary N) is 1. The number of anilines is 1. The van der Waals surface area contributed by atoms with Gasteiger partial charge in [-0.3, -0.25) is 14.5 Å². The number of hydrogen-bond donors (Lipinski definition) is 5. The first-order chi connectivity index (χ1) is 17.1. The normalized spacial score (nSPS) is 11.7. The number of carbonyl (C=O) groups is 2. The average Bonchev–Trinajstić information content (AvgIpc) is 2.75. The smallest absolute Gasteiger partial charge is 0.336 e. The lowest BCUT2D eigenvalue weighted by Crippen LogP contribution is -2.16. The number of carboxylic acid groups (broad SMARTS) is 1. The molecule has 2 aliphatic rings. The van der Waals surface area contributed by atoms with Gasteiger partial charge in [-0.15, -0.1) is 0 Å². The van der Waals surface area contributed by atoms with Crippen LogP contribution in [0.15, 0.2) is 62.7 Å². The van der Waals surface area contributed by atoms with E-state index in [2.05, 4.69) is 0 Å². The monoisotopic (exact) mass is 548 g/mol. The summed E-state index contributed by atoms with van der Waals surface area (Å²) >= 11 is 0. The fourth-order valence-electron chi connectivity index (χ4n) is 3.68. The van der Waals surface area contributed by atoms with Crippen LogP contribution >= 0.6 is 0 Å². The molecule has 4 rings (SSSR count). The largest absolute Gasteiger partial charge is 0.478 e. The number of nitrogens with one attached hydrogen (secondary N) is 1. The molecule has 0 saturated carbocycles. The molecule has 0 radical (unpaired) electrons. The van der Waals surface area contributed by atoms with Crippen LogP contribution in [-0.2, 0) is 25.0 Å². The Labute approximate surface area is 210 Å². The summed E-state index contributed by atoms with van der Waals surface area (Å²) in [4.78, 5) is 19.5. The fourth-order valence-corrected chi connectivity index (χ4v) is 5.17. The van der Waals surface area contributed by atoms with Gasteiger partial charge in [0.25, 0.3) is 20.2 Å². The first kappa shape index (κ1) is 27.5. The predicted octanol–water partition coefficient (Wildman–Crippen LogP) is 3.05. The van der Waals surface area contributed by atoms with Crippen molar-refractivity contribution < 1.29 is 45.1 Å². The molecule has 0 atom stereocenters. The number of hydrogen-bond acceptors (Lipinski definition) is 9. The van der Waals surface area contributed by atoms with E-state index >= 15 is 0 Å². The van der Waals surface area contributed by atoms with Gasteiger partial charge in [0.15, 0.2) is 21.1 Å². The van der Waals surface area contributed by atoms with E-state index in [1.165, 1.54) is 50.2 Å². The molecule has 0 unspecified atom stereocenters. The molecule has 0 saturated heterocycles. The molecule has 2 aromatic carbocycles. The van der Waals surface area contributed by atoms with Gasteiger partial charge in [0.2, 0.25) is 0 Å². The van der Waals surface area contributed by atoms with E-state index in [9.17, 15) is 40.6 Å². The van der Waals surface area contributed by atoms with Gasteiger partial charge >= 0.3 is 5.97 Å². The third kappa shape index (κ3) is 5.36. The van der Waals surface area contributed by atoms with E-state index < -0.39 is 58.4 Å². The molecule has 1 heterocycles. The Morgan fingerprint density at radius 3 is 1.97 bits per heavy atom. The summed E-state index contributed by atoms with van der Waals surface area (Å²) in [7, 11) is -10.1. The molecule has 2 aromatic rings. The highest BCUT2D eigenvalue weighted by molar-refractivity contribution is 7.86.